The summed E-state index contributed by atoms with van der Waals surface area (Å²) in [5.41, 5.74) is 0. The van der Waals surface area contributed by atoms with Gasteiger partial charge in [-0.3, -0.25) is 9.59 Å². The molecule has 0 radical (unpaired) electrons. The maximum Gasteiger partial charge on any atom is 0.246 e. The molecule has 1 N–H and O–H groups in total. The van der Waals surface area contributed by atoms with Crippen molar-refractivity contribution in [3.63, 3.8) is 0 Å². The van der Waals surface area contributed by atoms with E-state index in [1.54, 1.807) is 12.0 Å². The molecular formula is C16H28N2O3. The van der Waals surface area contributed by atoms with Crippen molar-refractivity contribution in [2.75, 3.05) is 20.3 Å². The van der Waals surface area contributed by atoms with Crippen LogP contribution in [0.15, 0.2) is 0 Å². The van der Waals surface area contributed by atoms with Crippen molar-refractivity contribution in [3.8, 4) is 0 Å². The molecule has 2 unspecified atom stereocenters. The van der Waals surface area contributed by atoms with E-state index in [9.17, 15) is 9.59 Å². The lowest BCUT2D eigenvalue weighted by molar-refractivity contribution is -0.151. The Morgan fingerprint density at radius 3 is 2.57 bits per heavy atom. The number of nitrogens with zero attached hydrogens (tertiary/aromatic N) is 1. The third-order valence-electron chi connectivity index (χ3n) is 4.78. The zero-order chi connectivity index (χ0) is 15.2. The number of piperazine rings is 1. The summed E-state index contributed by atoms with van der Waals surface area (Å²) in [6.07, 6.45) is 7.15. The monoisotopic (exact) mass is 296 g/mol. The minimum Gasteiger partial charge on any atom is -0.385 e. The van der Waals surface area contributed by atoms with E-state index in [1.807, 2.05) is 6.92 Å². The maximum absolute atomic E-state index is 12.8. The highest BCUT2D eigenvalue weighted by molar-refractivity contribution is 5.97. The number of methoxy groups -OCH3 is 1. The van der Waals surface area contributed by atoms with Gasteiger partial charge in [0.1, 0.15) is 12.1 Å². The third kappa shape index (κ3) is 3.76. The van der Waals surface area contributed by atoms with Gasteiger partial charge in [0.2, 0.25) is 11.8 Å². The number of carbonyl (C=O) groups excluding carboxylic acids is 2. The number of hydrogen-bond donors (Lipinski definition) is 1. The number of nitrogens with one attached hydrogen (secondary N) is 1. The number of hydrogen-bond acceptors (Lipinski definition) is 3. The van der Waals surface area contributed by atoms with Crippen molar-refractivity contribution < 1.29 is 14.3 Å². The Labute approximate surface area is 127 Å². The summed E-state index contributed by atoms with van der Waals surface area (Å²) in [7, 11) is 1.66. The van der Waals surface area contributed by atoms with E-state index in [2.05, 4.69) is 5.32 Å². The Hall–Kier alpha value is -1.10. The molecule has 21 heavy (non-hydrogen) atoms. The van der Waals surface area contributed by atoms with Crippen LogP contribution < -0.4 is 5.32 Å². The fourth-order valence-electron chi connectivity index (χ4n) is 3.62. The molecule has 0 bridgehead atoms. The summed E-state index contributed by atoms with van der Waals surface area (Å²) in [6.45, 7) is 3.19. The highest BCUT2D eigenvalue weighted by Crippen LogP contribution is 2.29. The molecular weight excluding hydrogens is 268 g/mol. The van der Waals surface area contributed by atoms with Crippen LogP contribution in [0.2, 0.25) is 0 Å². The molecule has 1 heterocycles. The van der Waals surface area contributed by atoms with Crippen LogP contribution in [0.25, 0.3) is 0 Å². The van der Waals surface area contributed by atoms with Crippen molar-refractivity contribution in [1.29, 1.82) is 0 Å². The first-order valence-electron chi connectivity index (χ1n) is 8.28. The van der Waals surface area contributed by atoms with Crippen molar-refractivity contribution in [3.05, 3.63) is 0 Å². The minimum atomic E-state index is -0.311. The molecule has 1 saturated carbocycles. The largest absolute Gasteiger partial charge is 0.385 e. The van der Waals surface area contributed by atoms with Crippen LogP contribution in [-0.2, 0) is 14.3 Å². The fraction of sp³-hybridized carbons (Fsp3) is 0.875. The molecule has 1 saturated heterocycles. The highest BCUT2D eigenvalue weighted by Gasteiger charge is 2.42. The van der Waals surface area contributed by atoms with Gasteiger partial charge in [-0.2, -0.15) is 0 Å². The van der Waals surface area contributed by atoms with Crippen molar-refractivity contribution in [1.82, 2.24) is 10.2 Å². The van der Waals surface area contributed by atoms with Crippen molar-refractivity contribution >= 4 is 11.8 Å². The molecule has 5 heteroatoms. The average Bonchev–Trinajstić information content (AvgIpc) is 2.51. The average molecular weight is 296 g/mol. The number of amides is 2. The second-order valence-electron chi connectivity index (χ2n) is 6.19. The molecule has 0 spiro atoms. The molecule has 1 aliphatic carbocycles. The molecule has 1 aliphatic heterocycles. The summed E-state index contributed by atoms with van der Waals surface area (Å²) in [5.74, 6) is 0.451. The van der Waals surface area contributed by atoms with E-state index >= 15 is 0 Å². The molecule has 2 rings (SSSR count). The Morgan fingerprint density at radius 2 is 1.95 bits per heavy atom. The standard InChI is InChI=1S/C16H28N2O3/c1-3-13-15(19)17-14(12-8-5-4-6-9-12)16(20)18(13)10-7-11-21-2/h12-14H,3-11H2,1-2H3,(H,17,19). The predicted molar refractivity (Wildman–Crippen MR) is 80.8 cm³/mol. The Balaban J connectivity index is 2.06. The molecule has 0 aromatic rings. The first-order valence-corrected chi connectivity index (χ1v) is 8.28. The van der Waals surface area contributed by atoms with Crippen molar-refractivity contribution in [2.24, 2.45) is 5.92 Å². The number of rotatable bonds is 6. The van der Waals surface area contributed by atoms with Gasteiger partial charge < -0.3 is 15.0 Å². The first kappa shape index (κ1) is 16.3. The lowest BCUT2D eigenvalue weighted by Gasteiger charge is -2.42. The van der Waals surface area contributed by atoms with E-state index in [0.717, 1.165) is 19.3 Å². The van der Waals surface area contributed by atoms with E-state index in [0.29, 0.717) is 25.5 Å². The van der Waals surface area contributed by atoms with Gasteiger partial charge >= 0.3 is 0 Å². The fourth-order valence-corrected chi connectivity index (χ4v) is 3.62. The van der Waals surface area contributed by atoms with E-state index in [1.165, 1.54) is 19.3 Å². The van der Waals surface area contributed by atoms with Crippen LogP contribution in [-0.4, -0.2) is 49.1 Å². The van der Waals surface area contributed by atoms with Crippen LogP contribution in [0.3, 0.4) is 0 Å². The first-order chi connectivity index (χ1) is 10.2. The molecule has 2 aliphatic rings. The predicted octanol–water partition coefficient (Wildman–Crippen LogP) is 1.71. The number of ether oxygens (including phenoxy) is 1. The van der Waals surface area contributed by atoms with E-state index in [-0.39, 0.29) is 23.9 Å². The van der Waals surface area contributed by atoms with Gasteiger partial charge in [0.25, 0.3) is 0 Å². The minimum absolute atomic E-state index is 0.0186. The molecule has 120 valence electrons. The molecule has 0 aromatic heterocycles. The molecule has 2 amide bonds. The van der Waals surface area contributed by atoms with Gasteiger partial charge in [-0.05, 0) is 31.6 Å². The lowest BCUT2D eigenvalue weighted by Crippen LogP contribution is -2.65. The summed E-state index contributed by atoms with van der Waals surface area (Å²) in [4.78, 5) is 26.9. The quantitative estimate of drug-likeness (QED) is 0.759. The summed E-state index contributed by atoms with van der Waals surface area (Å²) >= 11 is 0. The molecule has 5 nitrogen and oxygen atoms in total. The SMILES string of the molecule is CCC1C(=O)NC(C2CCCCC2)C(=O)N1CCCOC. The second-order valence-corrected chi connectivity index (χ2v) is 6.19. The summed E-state index contributed by atoms with van der Waals surface area (Å²) < 4.78 is 5.07. The van der Waals surface area contributed by atoms with Crippen LogP contribution in [0, 0.1) is 5.92 Å². The molecule has 2 fully saturated rings. The van der Waals surface area contributed by atoms with Gasteiger partial charge in [0, 0.05) is 20.3 Å². The van der Waals surface area contributed by atoms with Crippen molar-refractivity contribution in [2.45, 2.75) is 64.0 Å². The molecule has 2 atom stereocenters. The normalized spacial score (nSPS) is 27.8. The van der Waals surface area contributed by atoms with Crippen LogP contribution in [0.1, 0.15) is 51.9 Å². The summed E-state index contributed by atoms with van der Waals surface area (Å²) in [6, 6.07) is -0.614. The van der Waals surface area contributed by atoms with Gasteiger partial charge in [0.15, 0.2) is 0 Å². The van der Waals surface area contributed by atoms with Crippen LogP contribution in [0.4, 0.5) is 0 Å². The van der Waals surface area contributed by atoms with Gasteiger partial charge in [0.05, 0.1) is 0 Å². The van der Waals surface area contributed by atoms with Gasteiger partial charge in [-0.15, -0.1) is 0 Å². The Morgan fingerprint density at radius 1 is 1.24 bits per heavy atom. The van der Waals surface area contributed by atoms with Crippen LogP contribution >= 0.6 is 0 Å². The lowest BCUT2D eigenvalue weighted by atomic mass is 9.82. The number of carbonyl (C=O) groups is 2. The zero-order valence-electron chi connectivity index (χ0n) is 13.3. The Kier molecular flexibility index (Phi) is 6.03. The van der Waals surface area contributed by atoms with Gasteiger partial charge in [-0.1, -0.05) is 26.2 Å². The van der Waals surface area contributed by atoms with E-state index in [4.69, 9.17) is 4.74 Å². The summed E-state index contributed by atoms with van der Waals surface area (Å²) in [5, 5.41) is 3.00. The zero-order valence-corrected chi connectivity index (χ0v) is 13.3. The topological polar surface area (TPSA) is 58.6 Å². The smallest absolute Gasteiger partial charge is 0.246 e. The Bertz CT molecular complexity index is 367. The molecule has 0 aromatic carbocycles. The highest BCUT2D eigenvalue weighted by atomic mass is 16.5. The van der Waals surface area contributed by atoms with Gasteiger partial charge in [-0.25, -0.2) is 0 Å². The van der Waals surface area contributed by atoms with E-state index < -0.39 is 0 Å². The van der Waals surface area contributed by atoms with Crippen LogP contribution in [0.5, 0.6) is 0 Å². The third-order valence-corrected chi connectivity index (χ3v) is 4.78. The second kappa shape index (κ2) is 7.78. The maximum atomic E-state index is 12.8.